The fourth-order valence-electron chi connectivity index (χ4n) is 1.44. The molecule has 1 aliphatic carbocycles. The Labute approximate surface area is 108 Å². The maximum absolute atomic E-state index is 11.3. The first kappa shape index (κ1) is 12.6. The molecule has 1 unspecified atom stereocenters. The standard InChI is InChI=1S/C10H13ClN2O3S/c1-16-9(15)7-8(11)13-10(17-7)12-4-6(14)5-2-3-5/h5-6,14H,2-4H2,1H3,(H,12,13). The number of carbonyl (C=O) groups is 1. The van der Waals surface area contributed by atoms with Gasteiger partial charge in [-0.1, -0.05) is 22.9 Å². The van der Waals surface area contributed by atoms with Gasteiger partial charge in [-0.3, -0.25) is 0 Å². The van der Waals surface area contributed by atoms with Crippen molar-refractivity contribution in [3.8, 4) is 0 Å². The number of aromatic nitrogens is 1. The molecule has 0 spiro atoms. The lowest BCUT2D eigenvalue weighted by Gasteiger charge is -2.08. The van der Waals surface area contributed by atoms with Crippen LogP contribution in [0.2, 0.25) is 5.15 Å². The number of aliphatic hydroxyl groups excluding tert-OH is 1. The summed E-state index contributed by atoms with van der Waals surface area (Å²) in [6.45, 7) is 0.426. The molecule has 2 rings (SSSR count). The fraction of sp³-hybridized carbons (Fsp3) is 0.600. The summed E-state index contributed by atoms with van der Waals surface area (Å²) in [5.41, 5.74) is 0. The van der Waals surface area contributed by atoms with E-state index in [4.69, 9.17) is 11.6 Å². The van der Waals surface area contributed by atoms with Gasteiger partial charge in [-0.25, -0.2) is 9.78 Å². The summed E-state index contributed by atoms with van der Waals surface area (Å²) in [6.07, 6.45) is 1.79. The first-order valence-corrected chi connectivity index (χ1v) is 6.48. The minimum absolute atomic E-state index is 0.130. The van der Waals surface area contributed by atoms with Gasteiger partial charge in [-0.05, 0) is 18.8 Å². The number of nitrogens with zero attached hydrogens (tertiary/aromatic N) is 1. The number of ether oxygens (including phenoxy) is 1. The summed E-state index contributed by atoms with van der Waals surface area (Å²) in [6, 6.07) is 0. The van der Waals surface area contributed by atoms with E-state index >= 15 is 0 Å². The number of hydrogen-bond acceptors (Lipinski definition) is 6. The number of anilines is 1. The molecule has 0 aliphatic heterocycles. The summed E-state index contributed by atoms with van der Waals surface area (Å²) in [4.78, 5) is 15.6. The predicted molar refractivity (Wildman–Crippen MR) is 65.7 cm³/mol. The number of rotatable bonds is 5. The Morgan fingerprint density at radius 3 is 3.06 bits per heavy atom. The van der Waals surface area contributed by atoms with Crippen LogP contribution >= 0.6 is 22.9 Å². The van der Waals surface area contributed by atoms with Gasteiger partial charge in [0.15, 0.2) is 15.2 Å². The Hall–Kier alpha value is -0.850. The zero-order chi connectivity index (χ0) is 12.4. The number of nitrogens with one attached hydrogen (secondary N) is 1. The van der Waals surface area contributed by atoms with E-state index in [9.17, 15) is 9.90 Å². The van der Waals surface area contributed by atoms with E-state index in [2.05, 4.69) is 15.0 Å². The van der Waals surface area contributed by atoms with Crippen molar-refractivity contribution in [1.29, 1.82) is 0 Å². The maximum Gasteiger partial charge on any atom is 0.351 e. The summed E-state index contributed by atoms with van der Waals surface area (Å²) >= 11 is 6.93. The van der Waals surface area contributed by atoms with Crippen molar-refractivity contribution in [3.63, 3.8) is 0 Å². The monoisotopic (exact) mass is 276 g/mol. The summed E-state index contributed by atoms with van der Waals surface area (Å²) in [5.74, 6) is -0.0960. The molecule has 7 heteroatoms. The normalized spacial score (nSPS) is 16.6. The van der Waals surface area contributed by atoms with Crippen LogP contribution in [0.25, 0.3) is 0 Å². The molecule has 17 heavy (non-hydrogen) atoms. The van der Waals surface area contributed by atoms with E-state index in [1.165, 1.54) is 7.11 Å². The molecular weight excluding hydrogens is 264 g/mol. The second-order valence-corrected chi connectivity index (χ2v) is 5.27. The lowest BCUT2D eigenvalue weighted by atomic mass is 10.2. The fourth-order valence-corrected chi connectivity index (χ4v) is 2.55. The summed E-state index contributed by atoms with van der Waals surface area (Å²) in [7, 11) is 1.29. The van der Waals surface area contributed by atoms with E-state index in [-0.39, 0.29) is 16.1 Å². The van der Waals surface area contributed by atoms with Crippen molar-refractivity contribution < 1.29 is 14.6 Å². The number of methoxy groups -OCH3 is 1. The molecule has 1 aromatic rings. The van der Waals surface area contributed by atoms with Crippen LogP contribution < -0.4 is 5.32 Å². The molecule has 2 N–H and O–H groups in total. The van der Waals surface area contributed by atoms with Gasteiger partial charge in [0, 0.05) is 6.54 Å². The van der Waals surface area contributed by atoms with Crippen LogP contribution in [0.4, 0.5) is 5.13 Å². The van der Waals surface area contributed by atoms with E-state index in [0.29, 0.717) is 17.6 Å². The smallest absolute Gasteiger partial charge is 0.351 e. The van der Waals surface area contributed by atoms with Crippen LogP contribution in [0.15, 0.2) is 0 Å². The second-order valence-electron chi connectivity index (χ2n) is 3.92. The SMILES string of the molecule is COC(=O)c1sc(NCC(O)C2CC2)nc1Cl. The largest absolute Gasteiger partial charge is 0.465 e. The topological polar surface area (TPSA) is 71.5 Å². The first-order valence-electron chi connectivity index (χ1n) is 5.28. The third kappa shape index (κ3) is 3.08. The number of halogens is 1. The highest BCUT2D eigenvalue weighted by Gasteiger charge is 2.29. The molecule has 1 aliphatic rings. The highest BCUT2D eigenvalue weighted by atomic mass is 35.5. The third-order valence-electron chi connectivity index (χ3n) is 2.59. The Kier molecular flexibility index (Phi) is 3.86. The van der Waals surface area contributed by atoms with Crippen molar-refractivity contribution in [3.05, 3.63) is 10.0 Å². The van der Waals surface area contributed by atoms with Crippen LogP contribution in [-0.2, 0) is 4.74 Å². The van der Waals surface area contributed by atoms with Crippen LogP contribution in [0.5, 0.6) is 0 Å². The minimum atomic E-state index is -0.497. The molecular formula is C10H13ClN2O3S. The van der Waals surface area contributed by atoms with Gasteiger partial charge in [-0.15, -0.1) is 0 Å². The number of carbonyl (C=O) groups excluding carboxylic acids is 1. The minimum Gasteiger partial charge on any atom is -0.465 e. The van der Waals surface area contributed by atoms with E-state index in [1.54, 1.807) is 0 Å². The van der Waals surface area contributed by atoms with Gasteiger partial charge in [0.2, 0.25) is 0 Å². The van der Waals surface area contributed by atoms with E-state index in [1.807, 2.05) is 0 Å². The lowest BCUT2D eigenvalue weighted by molar-refractivity contribution is 0.0606. The molecule has 1 heterocycles. The van der Waals surface area contributed by atoms with Crippen LogP contribution in [0.3, 0.4) is 0 Å². The van der Waals surface area contributed by atoms with Crippen LogP contribution in [-0.4, -0.2) is 35.8 Å². The Balaban J connectivity index is 1.94. The molecule has 0 aromatic carbocycles. The average Bonchev–Trinajstić information content (AvgIpc) is 3.09. The number of esters is 1. The van der Waals surface area contributed by atoms with Crippen LogP contribution in [0.1, 0.15) is 22.5 Å². The summed E-state index contributed by atoms with van der Waals surface area (Å²) in [5, 5.41) is 13.3. The zero-order valence-electron chi connectivity index (χ0n) is 9.27. The van der Waals surface area contributed by atoms with Crippen molar-refractivity contribution in [2.24, 2.45) is 5.92 Å². The molecule has 0 saturated heterocycles. The van der Waals surface area contributed by atoms with E-state index in [0.717, 1.165) is 24.2 Å². The average molecular weight is 277 g/mol. The molecule has 1 saturated carbocycles. The maximum atomic E-state index is 11.3. The molecule has 1 atom stereocenters. The highest BCUT2D eigenvalue weighted by Crippen LogP contribution is 2.33. The Bertz CT molecular complexity index is 420. The van der Waals surface area contributed by atoms with Crippen molar-refractivity contribution in [2.75, 3.05) is 19.0 Å². The van der Waals surface area contributed by atoms with Gasteiger partial charge in [0.25, 0.3) is 0 Å². The molecule has 94 valence electrons. The van der Waals surface area contributed by atoms with Gasteiger partial charge >= 0.3 is 5.97 Å². The Morgan fingerprint density at radius 1 is 1.76 bits per heavy atom. The number of hydrogen-bond donors (Lipinski definition) is 2. The molecule has 5 nitrogen and oxygen atoms in total. The van der Waals surface area contributed by atoms with E-state index < -0.39 is 5.97 Å². The number of thiazole rings is 1. The molecule has 0 amide bonds. The highest BCUT2D eigenvalue weighted by molar-refractivity contribution is 7.18. The van der Waals surface area contributed by atoms with Crippen LogP contribution in [0, 0.1) is 5.92 Å². The molecule has 0 bridgehead atoms. The van der Waals surface area contributed by atoms with Crippen molar-refractivity contribution >= 4 is 34.0 Å². The van der Waals surface area contributed by atoms with Gasteiger partial charge in [0.1, 0.15) is 0 Å². The number of aliphatic hydroxyl groups is 1. The Morgan fingerprint density at radius 2 is 2.47 bits per heavy atom. The molecule has 1 fully saturated rings. The first-order chi connectivity index (χ1) is 8.11. The van der Waals surface area contributed by atoms with Crippen molar-refractivity contribution in [2.45, 2.75) is 18.9 Å². The lowest BCUT2D eigenvalue weighted by Crippen LogP contribution is -2.21. The third-order valence-corrected chi connectivity index (χ3v) is 3.96. The zero-order valence-corrected chi connectivity index (χ0v) is 10.8. The second kappa shape index (κ2) is 5.20. The predicted octanol–water partition coefficient (Wildman–Crippen LogP) is 1.77. The van der Waals surface area contributed by atoms with Gasteiger partial charge < -0.3 is 15.2 Å². The van der Waals surface area contributed by atoms with Gasteiger partial charge in [0.05, 0.1) is 13.2 Å². The molecule has 1 aromatic heterocycles. The quantitative estimate of drug-likeness (QED) is 0.802. The van der Waals surface area contributed by atoms with Gasteiger partial charge in [-0.2, -0.15) is 0 Å². The summed E-state index contributed by atoms with van der Waals surface area (Å²) < 4.78 is 4.57. The molecule has 0 radical (unpaired) electrons. The van der Waals surface area contributed by atoms with Crippen molar-refractivity contribution in [1.82, 2.24) is 4.98 Å².